The molecule has 0 radical (unpaired) electrons. The summed E-state index contributed by atoms with van der Waals surface area (Å²) in [6.45, 7) is 9.62. The Morgan fingerprint density at radius 2 is 1.93 bits per heavy atom. The summed E-state index contributed by atoms with van der Waals surface area (Å²) < 4.78 is 24.6. The molecule has 0 spiro atoms. The molecule has 5 heteroatoms. The first-order valence-corrected chi connectivity index (χ1v) is 8.88. The number of aliphatic hydroxyl groups excluding tert-OH is 1. The SMILES string of the molecule is C=C(Cc1cc(OCc2ccccc2F)cc(C(=C)O)c1)Cc1cc(C)on1. The molecule has 144 valence electrons. The number of ether oxygens (including phenoxy) is 1. The molecule has 0 saturated heterocycles. The van der Waals surface area contributed by atoms with Gasteiger partial charge in [-0.2, -0.15) is 0 Å². The number of nitrogens with zero attached hydrogens (tertiary/aromatic N) is 1. The van der Waals surface area contributed by atoms with Gasteiger partial charge in [-0.05, 0) is 43.2 Å². The van der Waals surface area contributed by atoms with Gasteiger partial charge in [0.15, 0.2) is 0 Å². The van der Waals surface area contributed by atoms with E-state index in [2.05, 4.69) is 18.3 Å². The smallest absolute Gasteiger partial charge is 0.133 e. The molecule has 0 aliphatic rings. The zero-order valence-electron chi connectivity index (χ0n) is 15.7. The van der Waals surface area contributed by atoms with Crippen molar-refractivity contribution in [1.82, 2.24) is 5.16 Å². The summed E-state index contributed by atoms with van der Waals surface area (Å²) in [5.74, 6) is 0.901. The predicted octanol–water partition coefficient (Wildman–Crippen LogP) is 5.57. The van der Waals surface area contributed by atoms with Crippen molar-refractivity contribution in [3.05, 3.63) is 101 Å². The Hall–Kier alpha value is -3.34. The minimum atomic E-state index is -0.318. The Morgan fingerprint density at radius 1 is 1.14 bits per heavy atom. The van der Waals surface area contributed by atoms with Crippen LogP contribution < -0.4 is 4.74 Å². The van der Waals surface area contributed by atoms with Crippen molar-refractivity contribution in [1.29, 1.82) is 0 Å². The van der Waals surface area contributed by atoms with Crippen molar-refractivity contribution in [3.63, 3.8) is 0 Å². The van der Waals surface area contributed by atoms with E-state index in [0.717, 1.165) is 22.6 Å². The van der Waals surface area contributed by atoms with Crippen molar-refractivity contribution >= 4 is 5.76 Å². The lowest BCUT2D eigenvalue weighted by atomic mass is 10.00. The number of halogens is 1. The highest BCUT2D eigenvalue weighted by molar-refractivity contribution is 5.59. The number of hydrogen-bond acceptors (Lipinski definition) is 4. The summed E-state index contributed by atoms with van der Waals surface area (Å²) in [6, 6.07) is 13.7. The van der Waals surface area contributed by atoms with E-state index in [0.29, 0.717) is 29.7 Å². The van der Waals surface area contributed by atoms with Crippen LogP contribution in [0.3, 0.4) is 0 Å². The molecule has 4 nitrogen and oxygen atoms in total. The summed E-state index contributed by atoms with van der Waals surface area (Å²) >= 11 is 0. The van der Waals surface area contributed by atoms with Gasteiger partial charge in [0.05, 0.1) is 5.69 Å². The van der Waals surface area contributed by atoms with Gasteiger partial charge >= 0.3 is 0 Å². The highest BCUT2D eigenvalue weighted by Crippen LogP contribution is 2.24. The lowest BCUT2D eigenvalue weighted by Crippen LogP contribution is -2.01. The normalized spacial score (nSPS) is 10.6. The van der Waals surface area contributed by atoms with Gasteiger partial charge in [0.2, 0.25) is 0 Å². The summed E-state index contributed by atoms with van der Waals surface area (Å²) in [4.78, 5) is 0. The molecule has 0 unspecified atom stereocenters. The number of benzene rings is 2. The Labute approximate surface area is 163 Å². The molecule has 1 N–H and O–H groups in total. The van der Waals surface area contributed by atoms with Crippen molar-refractivity contribution in [2.75, 3.05) is 0 Å². The first-order chi connectivity index (χ1) is 13.4. The van der Waals surface area contributed by atoms with Crippen molar-refractivity contribution in [2.24, 2.45) is 0 Å². The van der Waals surface area contributed by atoms with Gasteiger partial charge in [-0.1, -0.05) is 42.1 Å². The van der Waals surface area contributed by atoms with Crippen LogP contribution in [0.25, 0.3) is 5.76 Å². The lowest BCUT2D eigenvalue weighted by molar-refractivity contribution is 0.299. The highest BCUT2D eigenvalue weighted by atomic mass is 19.1. The van der Waals surface area contributed by atoms with Crippen LogP contribution in [0, 0.1) is 12.7 Å². The monoisotopic (exact) mass is 379 g/mol. The standard InChI is InChI=1S/C23H22FNO3/c1-15(9-21-10-16(2)28-25-21)8-18-11-20(17(3)26)13-22(12-18)27-14-19-6-4-5-7-23(19)24/h4-7,10-13,26H,1,3,8-9,14H2,2H3. The first kappa shape index (κ1) is 19.4. The van der Waals surface area contributed by atoms with Crippen molar-refractivity contribution in [2.45, 2.75) is 26.4 Å². The Kier molecular flexibility index (Phi) is 5.94. The topological polar surface area (TPSA) is 55.5 Å². The van der Waals surface area contributed by atoms with Gasteiger partial charge in [-0.15, -0.1) is 0 Å². The quantitative estimate of drug-likeness (QED) is 0.411. The summed E-state index contributed by atoms with van der Waals surface area (Å²) in [5, 5.41) is 13.8. The third kappa shape index (κ3) is 5.10. The second-order valence-corrected chi connectivity index (χ2v) is 6.72. The Morgan fingerprint density at radius 3 is 2.61 bits per heavy atom. The molecule has 3 aromatic rings. The molecule has 0 saturated carbocycles. The molecule has 3 rings (SSSR count). The number of hydrogen-bond donors (Lipinski definition) is 1. The van der Waals surface area contributed by atoms with E-state index >= 15 is 0 Å². The molecule has 0 aliphatic carbocycles. The van der Waals surface area contributed by atoms with Gasteiger partial charge in [0.1, 0.15) is 29.7 Å². The average molecular weight is 379 g/mol. The molecule has 2 aromatic carbocycles. The Bertz CT molecular complexity index is 1010. The molecular formula is C23H22FNO3. The predicted molar refractivity (Wildman–Crippen MR) is 107 cm³/mol. The fraction of sp³-hybridized carbons (Fsp3) is 0.174. The van der Waals surface area contributed by atoms with Crippen LogP contribution in [0.4, 0.5) is 4.39 Å². The van der Waals surface area contributed by atoms with Crippen LogP contribution in [0.15, 0.2) is 71.8 Å². The molecule has 0 atom stereocenters. The third-order valence-corrected chi connectivity index (χ3v) is 4.21. The largest absolute Gasteiger partial charge is 0.508 e. The minimum absolute atomic E-state index is 0.0599. The molecule has 1 heterocycles. The maximum absolute atomic E-state index is 13.8. The number of aromatic nitrogens is 1. The van der Waals surface area contributed by atoms with Gasteiger partial charge < -0.3 is 14.4 Å². The van der Waals surface area contributed by atoms with Crippen LogP contribution in [-0.2, 0) is 19.4 Å². The van der Waals surface area contributed by atoms with E-state index in [1.165, 1.54) is 6.07 Å². The molecular weight excluding hydrogens is 357 g/mol. The van der Waals surface area contributed by atoms with Gasteiger partial charge in [-0.3, -0.25) is 0 Å². The molecule has 0 bridgehead atoms. The fourth-order valence-corrected chi connectivity index (χ4v) is 2.90. The van der Waals surface area contributed by atoms with Crippen molar-refractivity contribution < 1.29 is 18.8 Å². The van der Waals surface area contributed by atoms with Crippen LogP contribution in [0.5, 0.6) is 5.75 Å². The molecule has 28 heavy (non-hydrogen) atoms. The second-order valence-electron chi connectivity index (χ2n) is 6.72. The van der Waals surface area contributed by atoms with Crippen LogP contribution in [-0.4, -0.2) is 10.3 Å². The maximum atomic E-state index is 13.8. The summed E-state index contributed by atoms with van der Waals surface area (Å²) in [7, 11) is 0. The van der Waals surface area contributed by atoms with Gasteiger partial charge in [0, 0.05) is 23.6 Å². The maximum Gasteiger partial charge on any atom is 0.133 e. The molecule has 0 fully saturated rings. The fourth-order valence-electron chi connectivity index (χ4n) is 2.90. The zero-order valence-corrected chi connectivity index (χ0v) is 15.7. The van der Waals surface area contributed by atoms with E-state index in [-0.39, 0.29) is 18.2 Å². The average Bonchev–Trinajstić information content (AvgIpc) is 3.05. The van der Waals surface area contributed by atoms with Crippen molar-refractivity contribution in [3.8, 4) is 5.75 Å². The lowest BCUT2D eigenvalue weighted by Gasteiger charge is -2.12. The number of rotatable bonds is 8. The van der Waals surface area contributed by atoms with E-state index in [9.17, 15) is 9.50 Å². The van der Waals surface area contributed by atoms with Crippen LogP contribution in [0.2, 0.25) is 0 Å². The zero-order chi connectivity index (χ0) is 20.1. The number of allylic oxidation sites excluding steroid dienone is 1. The second kappa shape index (κ2) is 8.57. The first-order valence-electron chi connectivity index (χ1n) is 8.88. The van der Waals surface area contributed by atoms with Crippen LogP contribution in [0.1, 0.15) is 28.1 Å². The van der Waals surface area contributed by atoms with E-state index in [4.69, 9.17) is 9.26 Å². The van der Waals surface area contributed by atoms with Crippen LogP contribution >= 0.6 is 0 Å². The van der Waals surface area contributed by atoms with Gasteiger partial charge in [-0.25, -0.2) is 4.39 Å². The van der Waals surface area contributed by atoms with E-state index in [1.807, 2.05) is 25.1 Å². The molecule has 1 aromatic heterocycles. The summed E-state index contributed by atoms with van der Waals surface area (Å²) in [6.07, 6.45) is 1.16. The van der Waals surface area contributed by atoms with E-state index < -0.39 is 0 Å². The third-order valence-electron chi connectivity index (χ3n) is 4.21. The minimum Gasteiger partial charge on any atom is -0.508 e. The number of aryl methyl sites for hydroxylation is 1. The van der Waals surface area contributed by atoms with Gasteiger partial charge in [0.25, 0.3) is 0 Å². The number of aliphatic hydroxyl groups is 1. The molecule has 0 amide bonds. The highest BCUT2D eigenvalue weighted by Gasteiger charge is 2.09. The summed E-state index contributed by atoms with van der Waals surface area (Å²) in [5.41, 5.74) is 3.67. The Balaban J connectivity index is 1.74. The molecule has 0 aliphatic heterocycles. The van der Waals surface area contributed by atoms with E-state index in [1.54, 1.807) is 24.3 Å².